The number of carbonyl (C=O) groups excluding carboxylic acids is 1. The van der Waals surface area contributed by atoms with Gasteiger partial charge in [0.05, 0.1) is 6.04 Å². The average molecular weight is 350 g/mol. The Morgan fingerprint density at radius 2 is 1.85 bits per heavy atom. The maximum Gasteiger partial charge on any atom is 0.239 e. The van der Waals surface area contributed by atoms with Gasteiger partial charge in [-0.2, -0.15) is 0 Å². The zero-order chi connectivity index (χ0) is 17.9. The Kier molecular flexibility index (Phi) is 4.53. The van der Waals surface area contributed by atoms with Gasteiger partial charge in [0, 0.05) is 38.6 Å². The molecule has 2 N–H and O–H groups in total. The Bertz CT molecular complexity index is 885. The van der Waals surface area contributed by atoms with Gasteiger partial charge in [-0.1, -0.05) is 30.3 Å². The Morgan fingerprint density at radius 1 is 1.08 bits per heavy atom. The monoisotopic (exact) mass is 350 g/mol. The lowest BCUT2D eigenvalue weighted by Gasteiger charge is -2.36. The highest BCUT2D eigenvalue weighted by Gasteiger charge is 2.26. The van der Waals surface area contributed by atoms with Crippen molar-refractivity contribution in [3.05, 3.63) is 60.4 Å². The van der Waals surface area contributed by atoms with Crippen LogP contribution in [0.5, 0.6) is 0 Å². The minimum atomic E-state index is -0.496. The first kappa shape index (κ1) is 16.5. The molecular weight excluding hydrogens is 328 g/mol. The van der Waals surface area contributed by atoms with Crippen LogP contribution < -0.4 is 10.6 Å². The van der Waals surface area contributed by atoms with Crippen LogP contribution in [0.2, 0.25) is 0 Å². The lowest BCUT2D eigenvalue weighted by atomic mass is 10.1. The highest BCUT2D eigenvalue weighted by Crippen LogP contribution is 2.15. The van der Waals surface area contributed by atoms with Crippen molar-refractivity contribution in [2.24, 2.45) is 5.73 Å². The number of benzene rings is 1. The van der Waals surface area contributed by atoms with E-state index in [-0.39, 0.29) is 5.91 Å². The standard InChI is InChI=1S/C19H22N6O/c20-16(14-15-4-2-1-3-5-15)19(26)24-12-10-23(11-13-24)18-7-6-17-21-8-9-25(17)22-18/h1-9,16H,10-14,20H2. The Hall–Kier alpha value is -2.93. The van der Waals surface area contributed by atoms with Crippen LogP contribution in [0.15, 0.2) is 54.9 Å². The van der Waals surface area contributed by atoms with Crippen molar-refractivity contribution in [1.82, 2.24) is 19.5 Å². The summed E-state index contributed by atoms with van der Waals surface area (Å²) in [6, 6.07) is 13.3. The highest BCUT2D eigenvalue weighted by atomic mass is 16.2. The molecule has 0 spiro atoms. The molecule has 1 aliphatic rings. The number of hydrogen-bond acceptors (Lipinski definition) is 5. The molecule has 7 nitrogen and oxygen atoms in total. The zero-order valence-corrected chi connectivity index (χ0v) is 14.5. The van der Waals surface area contributed by atoms with Gasteiger partial charge in [0.2, 0.25) is 5.91 Å². The second-order valence-corrected chi connectivity index (χ2v) is 6.53. The Labute approximate surface area is 152 Å². The van der Waals surface area contributed by atoms with Crippen molar-refractivity contribution < 1.29 is 4.79 Å². The molecule has 0 aliphatic carbocycles. The van der Waals surface area contributed by atoms with E-state index in [0.717, 1.165) is 30.1 Å². The molecule has 7 heteroatoms. The molecule has 0 radical (unpaired) electrons. The van der Waals surface area contributed by atoms with Gasteiger partial charge >= 0.3 is 0 Å². The quantitative estimate of drug-likeness (QED) is 0.758. The smallest absolute Gasteiger partial charge is 0.239 e. The van der Waals surface area contributed by atoms with E-state index in [1.165, 1.54) is 0 Å². The SMILES string of the molecule is NC(Cc1ccccc1)C(=O)N1CCN(c2ccc3nccn3n2)CC1. The summed E-state index contributed by atoms with van der Waals surface area (Å²) < 4.78 is 1.77. The van der Waals surface area contributed by atoms with Crippen molar-refractivity contribution in [2.75, 3.05) is 31.1 Å². The topological polar surface area (TPSA) is 79.8 Å². The molecular formula is C19H22N6O. The summed E-state index contributed by atoms with van der Waals surface area (Å²) in [5, 5.41) is 4.57. The third kappa shape index (κ3) is 3.39. The number of anilines is 1. The van der Waals surface area contributed by atoms with Crippen LogP contribution >= 0.6 is 0 Å². The summed E-state index contributed by atoms with van der Waals surface area (Å²) in [6.07, 6.45) is 4.14. The van der Waals surface area contributed by atoms with Gasteiger partial charge in [0.1, 0.15) is 5.82 Å². The first-order valence-corrected chi connectivity index (χ1v) is 8.84. The van der Waals surface area contributed by atoms with E-state index in [1.807, 2.05) is 53.6 Å². The summed E-state index contributed by atoms with van der Waals surface area (Å²) in [7, 11) is 0. The number of rotatable bonds is 4. The number of nitrogens with two attached hydrogens (primary N) is 1. The predicted octanol–water partition coefficient (Wildman–Crippen LogP) is 0.948. The van der Waals surface area contributed by atoms with E-state index in [9.17, 15) is 4.79 Å². The highest BCUT2D eigenvalue weighted by molar-refractivity contribution is 5.82. The van der Waals surface area contributed by atoms with Crippen LogP contribution in [0, 0.1) is 0 Å². The van der Waals surface area contributed by atoms with E-state index in [4.69, 9.17) is 5.73 Å². The molecule has 3 aromatic rings. The summed E-state index contributed by atoms with van der Waals surface area (Å²) in [6.45, 7) is 2.81. The lowest BCUT2D eigenvalue weighted by molar-refractivity contribution is -0.132. The molecule has 1 fully saturated rings. The minimum absolute atomic E-state index is 0.0199. The molecule has 4 rings (SSSR count). The fourth-order valence-corrected chi connectivity index (χ4v) is 3.32. The van der Waals surface area contributed by atoms with Crippen LogP contribution in [0.4, 0.5) is 5.82 Å². The molecule has 0 saturated carbocycles. The summed E-state index contributed by atoms with van der Waals surface area (Å²) >= 11 is 0. The largest absolute Gasteiger partial charge is 0.352 e. The minimum Gasteiger partial charge on any atom is -0.352 e. The number of amides is 1. The van der Waals surface area contributed by atoms with Gasteiger partial charge in [0.25, 0.3) is 0 Å². The third-order valence-electron chi connectivity index (χ3n) is 4.77. The van der Waals surface area contributed by atoms with E-state index in [2.05, 4.69) is 15.0 Å². The van der Waals surface area contributed by atoms with Crippen molar-refractivity contribution in [1.29, 1.82) is 0 Å². The molecule has 0 bridgehead atoms. The molecule has 3 heterocycles. The fourth-order valence-electron chi connectivity index (χ4n) is 3.32. The third-order valence-corrected chi connectivity index (χ3v) is 4.77. The lowest BCUT2D eigenvalue weighted by Crippen LogP contribution is -2.53. The first-order valence-electron chi connectivity index (χ1n) is 8.84. The normalized spacial score (nSPS) is 16.0. The maximum atomic E-state index is 12.6. The van der Waals surface area contributed by atoms with Crippen LogP contribution in [0.25, 0.3) is 5.65 Å². The van der Waals surface area contributed by atoms with Crippen LogP contribution in [0.1, 0.15) is 5.56 Å². The van der Waals surface area contributed by atoms with E-state index in [1.54, 1.807) is 10.7 Å². The number of hydrogen-bond donors (Lipinski definition) is 1. The van der Waals surface area contributed by atoms with Crippen LogP contribution in [-0.2, 0) is 11.2 Å². The first-order chi connectivity index (χ1) is 12.7. The van der Waals surface area contributed by atoms with Crippen molar-refractivity contribution in [2.45, 2.75) is 12.5 Å². The molecule has 2 aromatic heterocycles. The van der Waals surface area contributed by atoms with Gasteiger partial charge < -0.3 is 15.5 Å². The second-order valence-electron chi connectivity index (χ2n) is 6.53. The fraction of sp³-hybridized carbons (Fsp3) is 0.316. The van der Waals surface area contributed by atoms with E-state index < -0.39 is 6.04 Å². The number of carbonyl (C=O) groups is 1. The zero-order valence-electron chi connectivity index (χ0n) is 14.5. The molecule has 1 unspecified atom stereocenters. The number of piperazine rings is 1. The maximum absolute atomic E-state index is 12.6. The van der Waals surface area contributed by atoms with Crippen molar-refractivity contribution in [3.63, 3.8) is 0 Å². The number of nitrogens with zero attached hydrogens (tertiary/aromatic N) is 5. The molecule has 134 valence electrons. The van der Waals surface area contributed by atoms with E-state index >= 15 is 0 Å². The predicted molar refractivity (Wildman–Crippen MR) is 99.9 cm³/mol. The molecule has 1 amide bonds. The Morgan fingerprint density at radius 3 is 2.62 bits per heavy atom. The summed E-state index contributed by atoms with van der Waals surface area (Å²) in [5.74, 6) is 0.919. The van der Waals surface area contributed by atoms with Gasteiger partial charge in [-0.15, -0.1) is 5.10 Å². The second kappa shape index (κ2) is 7.13. The van der Waals surface area contributed by atoms with Gasteiger partial charge in [-0.05, 0) is 24.1 Å². The Balaban J connectivity index is 1.35. The molecule has 1 atom stereocenters. The summed E-state index contributed by atoms with van der Waals surface area (Å²) in [4.78, 5) is 20.9. The molecule has 1 aliphatic heterocycles. The summed E-state index contributed by atoms with van der Waals surface area (Å²) in [5.41, 5.74) is 8.06. The van der Waals surface area contributed by atoms with Crippen LogP contribution in [0.3, 0.4) is 0 Å². The molecule has 26 heavy (non-hydrogen) atoms. The van der Waals surface area contributed by atoms with Gasteiger partial charge in [0.15, 0.2) is 5.65 Å². The van der Waals surface area contributed by atoms with E-state index in [0.29, 0.717) is 19.5 Å². The molecule has 1 aromatic carbocycles. The number of imidazole rings is 1. The van der Waals surface area contributed by atoms with Crippen LogP contribution in [-0.4, -0.2) is 57.6 Å². The molecule has 1 saturated heterocycles. The van der Waals surface area contributed by atoms with Gasteiger partial charge in [-0.25, -0.2) is 9.50 Å². The average Bonchev–Trinajstić information content (AvgIpc) is 3.16. The van der Waals surface area contributed by atoms with Gasteiger partial charge in [-0.3, -0.25) is 4.79 Å². The number of fused-ring (bicyclic) bond motifs is 1. The van der Waals surface area contributed by atoms with Crippen molar-refractivity contribution >= 4 is 17.4 Å². The van der Waals surface area contributed by atoms with Crippen molar-refractivity contribution in [3.8, 4) is 0 Å². The number of aromatic nitrogens is 3.